The minimum atomic E-state index is -0.512. The maximum Gasteiger partial charge on any atom is 0.267 e. The lowest BCUT2D eigenvalue weighted by Gasteiger charge is -2.20. The van der Waals surface area contributed by atoms with Crippen molar-refractivity contribution in [1.29, 1.82) is 0 Å². The van der Waals surface area contributed by atoms with Crippen molar-refractivity contribution >= 4 is 11.6 Å². The molecule has 5 nitrogen and oxygen atoms in total. The van der Waals surface area contributed by atoms with Gasteiger partial charge in [-0.2, -0.15) is 0 Å². The van der Waals surface area contributed by atoms with Crippen molar-refractivity contribution in [2.45, 2.75) is 19.4 Å². The molecule has 0 radical (unpaired) electrons. The van der Waals surface area contributed by atoms with Gasteiger partial charge in [-0.05, 0) is 25.5 Å². The van der Waals surface area contributed by atoms with Gasteiger partial charge < -0.3 is 16.4 Å². The largest absolute Gasteiger partial charge is 0.374 e. The van der Waals surface area contributed by atoms with E-state index in [1.165, 1.54) is 0 Å². The number of hydrogen-bond donors (Lipinski definition) is 2. The lowest BCUT2D eigenvalue weighted by atomic mass is 10.2. The molecule has 0 aliphatic carbocycles. The maximum atomic E-state index is 11.0. The molecule has 0 aromatic carbocycles. The summed E-state index contributed by atoms with van der Waals surface area (Å²) in [6, 6.07) is 3.69. The van der Waals surface area contributed by atoms with E-state index in [1.807, 2.05) is 24.9 Å². The molecule has 0 aliphatic rings. The number of carbonyl (C=O) groups is 1. The molecule has 1 amide bonds. The van der Waals surface area contributed by atoms with E-state index < -0.39 is 5.91 Å². The van der Waals surface area contributed by atoms with Gasteiger partial charge in [0.1, 0.15) is 5.69 Å². The van der Waals surface area contributed by atoms with Gasteiger partial charge in [0.05, 0.1) is 0 Å². The fraction of sp³-hybridized carbons (Fsp3) is 0.455. The molecule has 1 unspecified atom stereocenters. The second-order valence-electron chi connectivity index (χ2n) is 3.95. The van der Waals surface area contributed by atoms with Crippen molar-refractivity contribution < 1.29 is 4.79 Å². The Bertz CT molecular complexity index is 365. The second kappa shape index (κ2) is 5.46. The average Bonchev–Trinajstić information content (AvgIpc) is 2.26. The summed E-state index contributed by atoms with van der Waals surface area (Å²) in [5.74, 6) is -0.512. The van der Waals surface area contributed by atoms with Crippen LogP contribution in [0.2, 0.25) is 0 Å². The fourth-order valence-corrected chi connectivity index (χ4v) is 1.32. The van der Waals surface area contributed by atoms with E-state index in [9.17, 15) is 4.79 Å². The summed E-state index contributed by atoms with van der Waals surface area (Å²) in [5.41, 5.74) is 12.1. The van der Waals surface area contributed by atoms with Crippen LogP contribution >= 0.6 is 0 Å². The van der Waals surface area contributed by atoms with Gasteiger partial charge in [-0.25, -0.2) is 0 Å². The van der Waals surface area contributed by atoms with Gasteiger partial charge >= 0.3 is 0 Å². The number of pyridine rings is 1. The number of nitrogens with two attached hydrogens (primary N) is 2. The highest BCUT2D eigenvalue weighted by atomic mass is 16.1. The SMILES string of the molecule is CC(N)CCN(C)c1ccnc(C(N)=O)c1. The molecule has 1 aromatic heterocycles. The van der Waals surface area contributed by atoms with Gasteiger partial charge in [-0.3, -0.25) is 9.78 Å². The molecule has 0 bridgehead atoms. The van der Waals surface area contributed by atoms with Crippen molar-refractivity contribution in [3.63, 3.8) is 0 Å². The van der Waals surface area contributed by atoms with E-state index in [4.69, 9.17) is 11.5 Å². The van der Waals surface area contributed by atoms with Crippen molar-refractivity contribution in [1.82, 2.24) is 4.98 Å². The third-order valence-electron chi connectivity index (χ3n) is 2.36. The topological polar surface area (TPSA) is 85.2 Å². The van der Waals surface area contributed by atoms with Crippen molar-refractivity contribution in [2.24, 2.45) is 11.5 Å². The summed E-state index contributed by atoms with van der Waals surface area (Å²) in [5, 5.41) is 0. The number of rotatable bonds is 5. The maximum absolute atomic E-state index is 11.0. The monoisotopic (exact) mass is 222 g/mol. The predicted octanol–water partition coefficient (Wildman–Crippen LogP) is 0.354. The molecule has 88 valence electrons. The third kappa shape index (κ3) is 3.51. The van der Waals surface area contributed by atoms with Crippen LogP contribution < -0.4 is 16.4 Å². The molecule has 0 aliphatic heterocycles. The number of anilines is 1. The quantitative estimate of drug-likeness (QED) is 0.753. The highest BCUT2D eigenvalue weighted by molar-refractivity contribution is 5.91. The number of carbonyl (C=O) groups excluding carboxylic acids is 1. The first-order valence-electron chi connectivity index (χ1n) is 5.23. The van der Waals surface area contributed by atoms with Crippen molar-refractivity contribution in [3.8, 4) is 0 Å². The molecule has 5 heteroatoms. The minimum Gasteiger partial charge on any atom is -0.374 e. The zero-order chi connectivity index (χ0) is 12.1. The van der Waals surface area contributed by atoms with E-state index in [0.29, 0.717) is 0 Å². The zero-order valence-electron chi connectivity index (χ0n) is 9.68. The molecule has 1 atom stereocenters. The summed E-state index contributed by atoms with van der Waals surface area (Å²) in [4.78, 5) is 16.9. The first-order chi connectivity index (χ1) is 7.50. The molecular formula is C11H18N4O. The Morgan fingerprint density at radius 2 is 2.31 bits per heavy atom. The van der Waals surface area contributed by atoms with Crippen LogP contribution in [0.15, 0.2) is 18.3 Å². The first kappa shape index (κ1) is 12.4. The highest BCUT2D eigenvalue weighted by Gasteiger charge is 2.06. The molecule has 16 heavy (non-hydrogen) atoms. The van der Waals surface area contributed by atoms with Gasteiger partial charge in [0.15, 0.2) is 0 Å². The Hall–Kier alpha value is -1.62. The summed E-state index contributed by atoms with van der Waals surface area (Å²) in [7, 11) is 1.95. The first-order valence-corrected chi connectivity index (χ1v) is 5.23. The molecule has 0 saturated heterocycles. The average molecular weight is 222 g/mol. The smallest absolute Gasteiger partial charge is 0.267 e. The van der Waals surface area contributed by atoms with Crippen LogP contribution in [0.1, 0.15) is 23.8 Å². The Morgan fingerprint density at radius 3 is 2.88 bits per heavy atom. The molecule has 0 spiro atoms. The molecular weight excluding hydrogens is 204 g/mol. The number of amides is 1. The van der Waals surface area contributed by atoms with Crippen molar-refractivity contribution in [2.75, 3.05) is 18.5 Å². The molecule has 0 saturated carbocycles. The molecule has 1 rings (SSSR count). The van der Waals surface area contributed by atoms with E-state index in [1.54, 1.807) is 12.3 Å². The van der Waals surface area contributed by atoms with E-state index in [-0.39, 0.29) is 11.7 Å². The lowest BCUT2D eigenvalue weighted by Crippen LogP contribution is -2.26. The fourth-order valence-electron chi connectivity index (χ4n) is 1.32. The van der Waals surface area contributed by atoms with Gasteiger partial charge in [-0.15, -0.1) is 0 Å². The standard InChI is InChI=1S/C11H18N4O/c1-8(12)4-6-15(2)9-3-5-14-10(7-9)11(13)16/h3,5,7-8H,4,6,12H2,1-2H3,(H2,13,16). The lowest BCUT2D eigenvalue weighted by molar-refractivity contribution is 0.0995. The zero-order valence-corrected chi connectivity index (χ0v) is 9.68. The van der Waals surface area contributed by atoms with E-state index in [2.05, 4.69) is 4.98 Å². The normalized spacial score (nSPS) is 12.2. The minimum absolute atomic E-state index is 0.167. The van der Waals surface area contributed by atoms with E-state index in [0.717, 1.165) is 18.7 Å². The van der Waals surface area contributed by atoms with Crippen LogP contribution in [0.3, 0.4) is 0 Å². The van der Waals surface area contributed by atoms with E-state index >= 15 is 0 Å². The molecule has 4 N–H and O–H groups in total. The second-order valence-corrected chi connectivity index (χ2v) is 3.95. The molecule has 0 fully saturated rings. The summed E-state index contributed by atoms with van der Waals surface area (Å²) < 4.78 is 0. The van der Waals surface area contributed by atoms with Gasteiger partial charge in [0, 0.05) is 31.5 Å². The summed E-state index contributed by atoms with van der Waals surface area (Å²) in [6.45, 7) is 2.80. The van der Waals surface area contributed by atoms with Crippen LogP contribution in [0.5, 0.6) is 0 Å². The van der Waals surface area contributed by atoms with Crippen LogP contribution in [-0.2, 0) is 0 Å². The van der Waals surface area contributed by atoms with Crippen LogP contribution in [0.4, 0.5) is 5.69 Å². The highest BCUT2D eigenvalue weighted by Crippen LogP contribution is 2.13. The Labute approximate surface area is 95.4 Å². The Kier molecular flexibility index (Phi) is 4.25. The predicted molar refractivity (Wildman–Crippen MR) is 64.3 cm³/mol. The summed E-state index contributed by atoms with van der Waals surface area (Å²) in [6.07, 6.45) is 2.47. The van der Waals surface area contributed by atoms with Gasteiger partial charge in [-0.1, -0.05) is 0 Å². The number of primary amides is 1. The van der Waals surface area contributed by atoms with Crippen LogP contribution in [0, 0.1) is 0 Å². The summed E-state index contributed by atoms with van der Waals surface area (Å²) >= 11 is 0. The Balaban J connectivity index is 2.71. The van der Waals surface area contributed by atoms with Crippen LogP contribution in [0.25, 0.3) is 0 Å². The van der Waals surface area contributed by atoms with Gasteiger partial charge in [0.2, 0.25) is 0 Å². The third-order valence-corrected chi connectivity index (χ3v) is 2.36. The van der Waals surface area contributed by atoms with Gasteiger partial charge in [0.25, 0.3) is 5.91 Å². The number of hydrogen-bond acceptors (Lipinski definition) is 4. The number of aromatic nitrogens is 1. The number of nitrogens with zero attached hydrogens (tertiary/aromatic N) is 2. The Morgan fingerprint density at radius 1 is 1.62 bits per heavy atom. The molecule has 1 heterocycles. The van der Waals surface area contributed by atoms with Crippen LogP contribution in [-0.4, -0.2) is 30.5 Å². The molecule has 1 aromatic rings. The van der Waals surface area contributed by atoms with Crippen molar-refractivity contribution in [3.05, 3.63) is 24.0 Å².